The van der Waals surface area contributed by atoms with Gasteiger partial charge in [0.2, 0.25) is 10.0 Å². The summed E-state index contributed by atoms with van der Waals surface area (Å²) in [6, 6.07) is 5.13. The van der Waals surface area contributed by atoms with Gasteiger partial charge >= 0.3 is 0 Å². The van der Waals surface area contributed by atoms with Gasteiger partial charge in [0.25, 0.3) is 0 Å². The van der Waals surface area contributed by atoms with Crippen LogP contribution < -0.4 is 4.72 Å². The van der Waals surface area contributed by atoms with E-state index in [1.165, 1.54) is 0 Å². The fourth-order valence-corrected chi connectivity index (χ4v) is 3.06. The molecule has 1 unspecified atom stereocenters. The first-order chi connectivity index (χ1) is 6.02. The third kappa shape index (κ3) is 1.21. The SMILES string of the molecule is CC1c2c(Cl)cccc2NS1(=O)=O. The number of hydrogen-bond acceptors (Lipinski definition) is 2. The normalized spacial score (nSPS) is 23.7. The van der Waals surface area contributed by atoms with Crippen molar-refractivity contribution in [1.29, 1.82) is 0 Å². The van der Waals surface area contributed by atoms with Crippen LogP contribution in [0.25, 0.3) is 0 Å². The van der Waals surface area contributed by atoms with Crippen LogP contribution in [0, 0.1) is 0 Å². The minimum absolute atomic E-state index is 0.499. The predicted molar refractivity (Wildman–Crippen MR) is 52.4 cm³/mol. The van der Waals surface area contributed by atoms with Crippen LogP contribution in [0.1, 0.15) is 17.7 Å². The molecule has 0 fully saturated rings. The predicted octanol–water partition coefficient (Wildman–Crippen LogP) is 2.16. The lowest BCUT2D eigenvalue weighted by atomic mass is 10.1. The molecule has 1 aliphatic heterocycles. The Labute approximate surface area is 81.8 Å². The summed E-state index contributed by atoms with van der Waals surface area (Å²) in [6.45, 7) is 1.63. The number of nitrogens with one attached hydrogen (secondary N) is 1. The van der Waals surface area contributed by atoms with E-state index in [1.807, 2.05) is 0 Å². The molecule has 1 heterocycles. The van der Waals surface area contributed by atoms with E-state index in [2.05, 4.69) is 4.72 Å². The minimum atomic E-state index is -3.24. The molecule has 0 aliphatic carbocycles. The molecule has 5 heteroatoms. The number of benzene rings is 1. The first-order valence-corrected chi connectivity index (χ1v) is 5.75. The Morgan fingerprint density at radius 3 is 2.77 bits per heavy atom. The Bertz CT molecular complexity index is 455. The number of fused-ring (bicyclic) bond motifs is 1. The van der Waals surface area contributed by atoms with Gasteiger partial charge in [-0.2, -0.15) is 0 Å². The number of anilines is 1. The zero-order valence-electron chi connectivity index (χ0n) is 6.91. The smallest absolute Gasteiger partial charge is 0.239 e. The summed E-state index contributed by atoms with van der Waals surface area (Å²) in [5.74, 6) is 0. The molecule has 3 nitrogen and oxygen atoms in total. The zero-order chi connectivity index (χ0) is 9.64. The molecule has 0 spiro atoms. The van der Waals surface area contributed by atoms with Gasteiger partial charge in [-0.25, -0.2) is 8.42 Å². The molecule has 0 radical (unpaired) electrons. The van der Waals surface area contributed by atoms with Crippen LogP contribution in [-0.4, -0.2) is 8.42 Å². The van der Waals surface area contributed by atoms with E-state index in [-0.39, 0.29) is 0 Å². The molecule has 0 aromatic heterocycles. The lowest BCUT2D eigenvalue weighted by Crippen LogP contribution is -2.09. The van der Waals surface area contributed by atoms with Gasteiger partial charge in [0.1, 0.15) is 5.25 Å². The second kappa shape index (κ2) is 2.62. The summed E-state index contributed by atoms with van der Waals surface area (Å²) in [5, 5.41) is -0.0604. The molecule has 1 aromatic carbocycles. The van der Waals surface area contributed by atoms with Crippen LogP contribution in [0.15, 0.2) is 18.2 Å². The molecule has 1 aliphatic rings. The molecule has 1 aromatic rings. The van der Waals surface area contributed by atoms with Crippen molar-refractivity contribution < 1.29 is 8.42 Å². The van der Waals surface area contributed by atoms with Crippen molar-refractivity contribution in [1.82, 2.24) is 0 Å². The Hall–Kier alpha value is -0.740. The largest absolute Gasteiger partial charge is 0.283 e. The maximum atomic E-state index is 11.4. The fraction of sp³-hybridized carbons (Fsp3) is 0.250. The Morgan fingerprint density at radius 1 is 1.46 bits per heavy atom. The first kappa shape index (κ1) is 8.84. The number of halogens is 1. The Kier molecular flexibility index (Phi) is 1.78. The molecule has 0 saturated heterocycles. The van der Waals surface area contributed by atoms with E-state index in [9.17, 15) is 8.42 Å². The Balaban J connectivity index is 2.70. The maximum Gasteiger partial charge on any atom is 0.239 e. The lowest BCUT2D eigenvalue weighted by Gasteiger charge is -2.02. The van der Waals surface area contributed by atoms with E-state index >= 15 is 0 Å². The molecule has 0 amide bonds. The van der Waals surface area contributed by atoms with Crippen molar-refractivity contribution in [3.8, 4) is 0 Å². The summed E-state index contributed by atoms with van der Waals surface area (Å²) in [6.07, 6.45) is 0. The summed E-state index contributed by atoms with van der Waals surface area (Å²) < 4.78 is 25.3. The van der Waals surface area contributed by atoms with Gasteiger partial charge in [0, 0.05) is 10.6 Å². The number of hydrogen-bond donors (Lipinski definition) is 1. The second-order valence-electron chi connectivity index (χ2n) is 2.99. The summed E-state index contributed by atoms with van der Waals surface area (Å²) in [4.78, 5) is 0. The van der Waals surface area contributed by atoms with Crippen LogP contribution in [-0.2, 0) is 10.0 Å². The molecule has 2 rings (SSSR count). The number of rotatable bonds is 0. The summed E-state index contributed by atoms with van der Waals surface area (Å²) >= 11 is 5.89. The quantitative estimate of drug-likeness (QED) is 0.724. The highest BCUT2D eigenvalue weighted by atomic mass is 35.5. The van der Waals surface area contributed by atoms with Gasteiger partial charge in [-0.05, 0) is 19.1 Å². The van der Waals surface area contributed by atoms with Gasteiger partial charge in [0.15, 0.2) is 0 Å². The van der Waals surface area contributed by atoms with Crippen molar-refractivity contribution >= 4 is 27.3 Å². The van der Waals surface area contributed by atoms with Crippen molar-refractivity contribution in [2.75, 3.05) is 4.72 Å². The lowest BCUT2D eigenvalue weighted by molar-refractivity contribution is 0.595. The maximum absolute atomic E-state index is 11.4. The molecule has 1 atom stereocenters. The second-order valence-corrected chi connectivity index (χ2v) is 5.40. The molecular formula is C8H8ClNO2S. The summed E-state index contributed by atoms with van der Waals surface area (Å²) in [5.41, 5.74) is 1.27. The van der Waals surface area contributed by atoms with Crippen LogP contribution in [0.3, 0.4) is 0 Å². The van der Waals surface area contributed by atoms with Crippen LogP contribution in [0.4, 0.5) is 5.69 Å². The molecule has 1 N–H and O–H groups in total. The van der Waals surface area contributed by atoms with Crippen molar-refractivity contribution in [2.24, 2.45) is 0 Å². The Morgan fingerprint density at radius 2 is 2.15 bits per heavy atom. The van der Waals surface area contributed by atoms with Gasteiger partial charge in [-0.1, -0.05) is 17.7 Å². The highest BCUT2D eigenvalue weighted by Gasteiger charge is 2.33. The van der Waals surface area contributed by atoms with E-state index in [1.54, 1.807) is 25.1 Å². The zero-order valence-corrected chi connectivity index (χ0v) is 8.48. The van der Waals surface area contributed by atoms with E-state index in [0.29, 0.717) is 16.3 Å². The summed E-state index contributed by atoms with van der Waals surface area (Å²) in [7, 11) is -3.24. The minimum Gasteiger partial charge on any atom is -0.283 e. The van der Waals surface area contributed by atoms with Crippen LogP contribution >= 0.6 is 11.6 Å². The van der Waals surface area contributed by atoms with Gasteiger partial charge < -0.3 is 0 Å². The average molecular weight is 218 g/mol. The third-order valence-corrected chi connectivity index (χ3v) is 4.18. The van der Waals surface area contributed by atoms with E-state index in [0.717, 1.165) is 0 Å². The highest BCUT2D eigenvalue weighted by molar-refractivity contribution is 7.93. The number of sulfonamides is 1. The van der Waals surface area contributed by atoms with Crippen molar-refractivity contribution in [2.45, 2.75) is 12.2 Å². The van der Waals surface area contributed by atoms with E-state index in [4.69, 9.17) is 11.6 Å². The molecule has 0 saturated carbocycles. The molecule has 0 bridgehead atoms. The van der Waals surface area contributed by atoms with Gasteiger partial charge in [0.05, 0.1) is 5.69 Å². The third-order valence-electron chi connectivity index (χ3n) is 2.18. The van der Waals surface area contributed by atoms with Crippen molar-refractivity contribution in [3.63, 3.8) is 0 Å². The molecule has 70 valence electrons. The standard InChI is InChI=1S/C8H8ClNO2S/c1-5-8-6(9)3-2-4-7(8)10-13(5,11)12/h2-5,10H,1H3. The topological polar surface area (TPSA) is 46.2 Å². The highest BCUT2D eigenvalue weighted by Crippen LogP contribution is 2.40. The van der Waals surface area contributed by atoms with Crippen LogP contribution in [0.5, 0.6) is 0 Å². The first-order valence-electron chi connectivity index (χ1n) is 3.82. The van der Waals surface area contributed by atoms with Crippen molar-refractivity contribution in [3.05, 3.63) is 28.8 Å². The van der Waals surface area contributed by atoms with Gasteiger partial charge in [-0.15, -0.1) is 0 Å². The monoisotopic (exact) mass is 217 g/mol. The van der Waals surface area contributed by atoms with Crippen LogP contribution in [0.2, 0.25) is 5.02 Å². The van der Waals surface area contributed by atoms with E-state index < -0.39 is 15.3 Å². The average Bonchev–Trinajstić information content (AvgIpc) is 2.24. The molecule has 13 heavy (non-hydrogen) atoms. The molecular weight excluding hydrogens is 210 g/mol. The fourth-order valence-electron chi connectivity index (χ4n) is 1.44. The van der Waals surface area contributed by atoms with Gasteiger partial charge in [-0.3, -0.25) is 4.72 Å².